The fourth-order valence-electron chi connectivity index (χ4n) is 1.57. The minimum Gasteiger partial charge on any atom is -0.463 e. The van der Waals surface area contributed by atoms with Crippen molar-refractivity contribution in [1.29, 1.82) is 5.26 Å². The number of benzene rings is 1. The Kier molecular flexibility index (Phi) is 6.36. The third kappa shape index (κ3) is 5.30. The van der Waals surface area contributed by atoms with Crippen molar-refractivity contribution in [1.82, 2.24) is 0 Å². The third-order valence-electron chi connectivity index (χ3n) is 2.59. The van der Waals surface area contributed by atoms with E-state index in [0.717, 1.165) is 0 Å². The van der Waals surface area contributed by atoms with Crippen LogP contribution in [0.3, 0.4) is 0 Å². The number of hydrogen-bond acceptors (Lipinski definition) is 5. The van der Waals surface area contributed by atoms with Crippen LogP contribution in [0, 0.1) is 11.3 Å². The summed E-state index contributed by atoms with van der Waals surface area (Å²) in [5.74, 6) is -0.781. The van der Waals surface area contributed by atoms with Crippen LogP contribution >= 0.6 is 11.6 Å². The van der Waals surface area contributed by atoms with Crippen molar-refractivity contribution in [3.05, 3.63) is 34.9 Å². The summed E-state index contributed by atoms with van der Waals surface area (Å²) in [6.07, 6.45) is -0.00438. The highest BCUT2D eigenvalue weighted by atomic mass is 35.5. The van der Waals surface area contributed by atoms with Crippen LogP contribution in [0.15, 0.2) is 24.3 Å². The van der Waals surface area contributed by atoms with Gasteiger partial charge in [-0.3, -0.25) is 0 Å². The van der Waals surface area contributed by atoms with Crippen molar-refractivity contribution in [3.8, 4) is 6.07 Å². The molecule has 120 valence electrons. The van der Waals surface area contributed by atoms with E-state index in [2.05, 4.69) is 0 Å². The molecule has 1 unspecified atom stereocenters. The Balaban J connectivity index is 3.05. The molecule has 0 bridgehead atoms. The topological polar surface area (TPSA) is 68.6 Å². The van der Waals surface area contributed by atoms with E-state index in [1.165, 1.54) is 0 Å². The van der Waals surface area contributed by atoms with Gasteiger partial charge >= 0.3 is 5.97 Å². The van der Waals surface area contributed by atoms with E-state index >= 15 is 0 Å². The van der Waals surface area contributed by atoms with Crippen LogP contribution in [0.1, 0.15) is 33.3 Å². The maximum absolute atomic E-state index is 12.2. The standard InChI is InChI=1S/C16H20ClNO4/c1-5-20-14(19)16(11-18,22-21-15(2,3)4)10-12-6-8-13(17)9-7-12/h6-9H,5,10H2,1-4H3. The van der Waals surface area contributed by atoms with Gasteiger partial charge in [-0.05, 0) is 45.4 Å². The summed E-state index contributed by atoms with van der Waals surface area (Å²) in [6.45, 7) is 7.06. The maximum Gasteiger partial charge on any atom is 0.357 e. The van der Waals surface area contributed by atoms with Crippen LogP contribution in [0.2, 0.25) is 5.02 Å². The fraction of sp³-hybridized carbons (Fsp3) is 0.500. The zero-order valence-corrected chi connectivity index (χ0v) is 13.9. The van der Waals surface area contributed by atoms with Gasteiger partial charge in [-0.15, -0.1) is 0 Å². The molecular weight excluding hydrogens is 306 g/mol. The van der Waals surface area contributed by atoms with Gasteiger partial charge in [-0.25, -0.2) is 14.6 Å². The van der Waals surface area contributed by atoms with Crippen molar-refractivity contribution in [2.75, 3.05) is 6.61 Å². The summed E-state index contributed by atoms with van der Waals surface area (Å²) >= 11 is 5.84. The molecular formula is C16H20ClNO4. The van der Waals surface area contributed by atoms with Gasteiger partial charge in [0.25, 0.3) is 5.60 Å². The molecule has 0 saturated carbocycles. The van der Waals surface area contributed by atoms with Crippen LogP contribution in [0.5, 0.6) is 0 Å². The molecule has 0 saturated heterocycles. The molecule has 1 rings (SSSR count). The first-order valence-electron chi connectivity index (χ1n) is 6.92. The molecule has 1 aromatic carbocycles. The summed E-state index contributed by atoms with van der Waals surface area (Å²) in [5, 5.41) is 10.1. The molecule has 5 nitrogen and oxygen atoms in total. The first-order chi connectivity index (χ1) is 10.2. The van der Waals surface area contributed by atoms with Crippen LogP contribution in [-0.2, 0) is 25.7 Å². The van der Waals surface area contributed by atoms with E-state index in [9.17, 15) is 10.1 Å². The second-order valence-electron chi connectivity index (χ2n) is 5.74. The van der Waals surface area contributed by atoms with Gasteiger partial charge in [-0.2, -0.15) is 5.26 Å². The lowest BCUT2D eigenvalue weighted by molar-refractivity contribution is -0.385. The summed E-state index contributed by atoms with van der Waals surface area (Å²) in [5.41, 5.74) is -1.83. The second-order valence-corrected chi connectivity index (χ2v) is 6.18. The fourth-order valence-corrected chi connectivity index (χ4v) is 1.70. The van der Waals surface area contributed by atoms with Gasteiger partial charge in [0.05, 0.1) is 12.2 Å². The zero-order chi connectivity index (χ0) is 16.8. The molecule has 0 radical (unpaired) electrons. The van der Waals surface area contributed by atoms with Gasteiger partial charge in [0.15, 0.2) is 0 Å². The number of nitriles is 1. The molecule has 6 heteroatoms. The molecule has 1 aromatic rings. The van der Waals surface area contributed by atoms with Gasteiger partial charge < -0.3 is 4.74 Å². The highest BCUT2D eigenvalue weighted by molar-refractivity contribution is 6.30. The Hall–Kier alpha value is -1.61. The Morgan fingerprint density at radius 1 is 1.23 bits per heavy atom. The number of hydrogen-bond donors (Lipinski definition) is 0. The van der Waals surface area contributed by atoms with Crippen LogP contribution < -0.4 is 0 Å². The number of carbonyl (C=O) groups is 1. The molecule has 0 amide bonds. The molecule has 0 fully saturated rings. The molecule has 0 heterocycles. The van der Waals surface area contributed by atoms with Gasteiger partial charge in [0.2, 0.25) is 0 Å². The highest BCUT2D eigenvalue weighted by Gasteiger charge is 2.45. The van der Waals surface area contributed by atoms with E-state index in [0.29, 0.717) is 10.6 Å². The van der Waals surface area contributed by atoms with Gasteiger partial charge in [0, 0.05) is 11.4 Å². The van der Waals surface area contributed by atoms with Crippen molar-refractivity contribution < 1.29 is 19.3 Å². The molecule has 0 aliphatic heterocycles. The average Bonchev–Trinajstić information content (AvgIpc) is 2.45. The highest BCUT2D eigenvalue weighted by Crippen LogP contribution is 2.24. The quantitative estimate of drug-likeness (QED) is 0.455. The lowest BCUT2D eigenvalue weighted by atomic mass is 9.96. The Bertz CT molecular complexity index is 545. The lowest BCUT2D eigenvalue weighted by Gasteiger charge is -2.27. The Morgan fingerprint density at radius 2 is 1.82 bits per heavy atom. The second kappa shape index (κ2) is 7.59. The number of rotatable bonds is 6. The van der Waals surface area contributed by atoms with Gasteiger partial charge in [0.1, 0.15) is 6.07 Å². The first-order valence-corrected chi connectivity index (χ1v) is 7.30. The van der Waals surface area contributed by atoms with E-state index in [-0.39, 0.29) is 13.0 Å². The molecule has 22 heavy (non-hydrogen) atoms. The average molecular weight is 326 g/mol. The van der Waals surface area contributed by atoms with E-state index in [1.807, 2.05) is 6.07 Å². The summed E-state index contributed by atoms with van der Waals surface area (Å²) in [6, 6.07) is 8.66. The number of nitrogens with zero attached hydrogens (tertiary/aromatic N) is 1. The summed E-state index contributed by atoms with van der Waals surface area (Å²) < 4.78 is 4.97. The van der Waals surface area contributed by atoms with Crippen LogP contribution in [-0.4, -0.2) is 23.8 Å². The molecule has 1 atom stereocenters. The van der Waals surface area contributed by atoms with Gasteiger partial charge in [-0.1, -0.05) is 23.7 Å². The maximum atomic E-state index is 12.2. The van der Waals surface area contributed by atoms with Crippen LogP contribution in [0.4, 0.5) is 0 Å². The number of carbonyl (C=O) groups excluding carboxylic acids is 1. The predicted molar refractivity (Wildman–Crippen MR) is 82.1 cm³/mol. The normalized spacial score (nSPS) is 14.0. The number of esters is 1. The number of halogens is 1. The minimum absolute atomic E-state index is 0.00438. The molecule has 0 aromatic heterocycles. The van der Waals surface area contributed by atoms with Crippen LogP contribution in [0.25, 0.3) is 0 Å². The van der Waals surface area contributed by atoms with Crippen molar-refractivity contribution in [2.24, 2.45) is 0 Å². The molecule has 0 aliphatic carbocycles. The monoisotopic (exact) mass is 325 g/mol. The van der Waals surface area contributed by atoms with Crippen molar-refractivity contribution in [2.45, 2.75) is 45.3 Å². The van der Waals surface area contributed by atoms with E-state index in [4.69, 9.17) is 26.1 Å². The van der Waals surface area contributed by atoms with Crippen molar-refractivity contribution in [3.63, 3.8) is 0 Å². The lowest BCUT2D eigenvalue weighted by Crippen LogP contribution is -2.45. The summed E-state index contributed by atoms with van der Waals surface area (Å²) in [7, 11) is 0. The Labute approximate surface area is 135 Å². The SMILES string of the molecule is CCOC(=O)C(C#N)(Cc1ccc(Cl)cc1)OOC(C)(C)C. The van der Waals surface area contributed by atoms with E-state index in [1.54, 1.807) is 52.0 Å². The minimum atomic E-state index is -1.86. The Morgan fingerprint density at radius 3 is 2.27 bits per heavy atom. The molecule has 0 N–H and O–H groups in total. The van der Waals surface area contributed by atoms with E-state index < -0.39 is 17.2 Å². The van der Waals surface area contributed by atoms with Crippen molar-refractivity contribution >= 4 is 17.6 Å². The summed E-state index contributed by atoms with van der Waals surface area (Å²) in [4.78, 5) is 22.6. The molecule has 0 aliphatic rings. The molecule has 0 spiro atoms. The first kappa shape index (κ1) is 18.4. The smallest absolute Gasteiger partial charge is 0.357 e. The largest absolute Gasteiger partial charge is 0.463 e. The predicted octanol–water partition coefficient (Wildman–Crippen LogP) is 3.45. The third-order valence-corrected chi connectivity index (χ3v) is 2.84. The zero-order valence-electron chi connectivity index (χ0n) is 13.2. The number of ether oxygens (including phenoxy) is 1.